The molecule has 4 atom stereocenters. The van der Waals surface area contributed by atoms with Crippen LogP contribution in [0.15, 0.2) is 0 Å². The fourth-order valence-corrected chi connectivity index (χ4v) is 2.47. The Kier molecular flexibility index (Phi) is 5.22. The quantitative estimate of drug-likeness (QED) is 0.643. The standard InChI is InChI=1S/C13H24O4/c1-3-4-5-6-7-15-10-8-11(14-2)13-16-9-12(10)17-13/h10-13H,3-9H2,1-2H3/t10-,11+,12+,13+/m0/s1. The lowest BCUT2D eigenvalue weighted by molar-refractivity contribution is -0.199. The molecule has 2 heterocycles. The second-order valence-electron chi connectivity index (χ2n) is 4.86. The highest BCUT2D eigenvalue weighted by Crippen LogP contribution is 2.31. The average molecular weight is 244 g/mol. The fourth-order valence-electron chi connectivity index (χ4n) is 2.47. The largest absolute Gasteiger partial charge is 0.376 e. The van der Waals surface area contributed by atoms with Crippen molar-refractivity contribution in [3.05, 3.63) is 0 Å². The van der Waals surface area contributed by atoms with E-state index in [0.29, 0.717) is 6.61 Å². The maximum Gasteiger partial charge on any atom is 0.184 e. The highest BCUT2D eigenvalue weighted by molar-refractivity contribution is 4.87. The molecular weight excluding hydrogens is 220 g/mol. The molecule has 0 amide bonds. The molecule has 2 aliphatic rings. The molecule has 0 unspecified atom stereocenters. The van der Waals surface area contributed by atoms with Gasteiger partial charge in [-0.3, -0.25) is 0 Å². The van der Waals surface area contributed by atoms with E-state index in [1.165, 1.54) is 19.3 Å². The summed E-state index contributed by atoms with van der Waals surface area (Å²) >= 11 is 0. The summed E-state index contributed by atoms with van der Waals surface area (Å²) in [7, 11) is 1.70. The van der Waals surface area contributed by atoms with Crippen LogP contribution in [0.5, 0.6) is 0 Å². The summed E-state index contributed by atoms with van der Waals surface area (Å²) in [6, 6.07) is 0. The van der Waals surface area contributed by atoms with Crippen molar-refractivity contribution in [2.24, 2.45) is 0 Å². The molecule has 0 spiro atoms. The first kappa shape index (κ1) is 13.3. The molecule has 2 rings (SSSR count). The van der Waals surface area contributed by atoms with Crippen LogP contribution in [0.2, 0.25) is 0 Å². The molecule has 0 N–H and O–H groups in total. The maximum atomic E-state index is 5.91. The summed E-state index contributed by atoms with van der Waals surface area (Å²) in [5.74, 6) is 0. The van der Waals surface area contributed by atoms with Gasteiger partial charge in [0.05, 0.1) is 12.7 Å². The highest BCUT2D eigenvalue weighted by atomic mass is 16.7. The summed E-state index contributed by atoms with van der Waals surface area (Å²) < 4.78 is 22.5. The smallest absolute Gasteiger partial charge is 0.184 e. The first-order valence-electron chi connectivity index (χ1n) is 6.76. The van der Waals surface area contributed by atoms with Crippen LogP contribution in [-0.4, -0.2) is 44.9 Å². The lowest BCUT2D eigenvalue weighted by Crippen LogP contribution is -2.44. The number of unbranched alkanes of at least 4 members (excludes halogenated alkanes) is 3. The number of fused-ring (bicyclic) bond motifs is 2. The minimum Gasteiger partial charge on any atom is -0.376 e. The molecule has 2 saturated heterocycles. The van der Waals surface area contributed by atoms with Crippen molar-refractivity contribution in [2.45, 2.75) is 63.6 Å². The maximum absolute atomic E-state index is 5.91. The van der Waals surface area contributed by atoms with Crippen LogP contribution in [-0.2, 0) is 18.9 Å². The Bertz CT molecular complexity index is 221. The first-order valence-corrected chi connectivity index (χ1v) is 6.76. The van der Waals surface area contributed by atoms with E-state index in [2.05, 4.69) is 6.92 Å². The molecular formula is C13H24O4. The zero-order valence-electron chi connectivity index (χ0n) is 10.9. The second kappa shape index (κ2) is 6.69. The summed E-state index contributed by atoms with van der Waals surface area (Å²) in [5, 5.41) is 0. The van der Waals surface area contributed by atoms with Crippen molar-refractivity contribution in [2.75, 3.05) is 20.3 Å². The third-order valence-electron chi connectivity index (χ3n) is 3.55. The predicted molar refractivity (Wildman–Crippen MR) is 63.9 cm³/mol. The van der Waals surface area contributed by atoms with E-state index in [0.717, 1.165) is 19.4 Å². The van der Waals surface area contributed by atoms with Crippen molar-refractivity contribution >= 4 is 0 Å². The molecule has 0 radical (unpaired) electrons. The Labute approximate surface area is 104 Å². The third kappa shape index (κ3) is 3.41. The number of methoxy groups -OCH3 is 1. The molecule has 4 nitrogen and oxygen atoms in total. The zero-order chi connectivity index (χ0) is 12.1. The van der Waals surface area contributed by atoms with Crippen molar-refractivity contribution in [3.8, 4) is 0 Å². The van der Waals surface area contributed by atoms with E-state index in [9.17, 15) is 0 Å². The van der Waals surface area contributed by atoms with Gasteiger partial charge in [0.15, 0.2) is 6.29 Å². The van der Waals surface area contributed by atoms with Gasteiger partial charge in [0.25, 0.3) is 0 Å². The van der Waals surface area contributed by atoms with Gasteiger partial charge in [-0.05, 0) is 6.42 Å². The van der Waals surface area contributed by atoms with E-state index in [1.54, 1.807) is 7.11 Å². The number of hydrogen-bond acceptors (Lipinski definition) is 4. The van der Waals surface area contributed by atoms with E-state index in [1.807, 2.05) is 0 Å². The van der Waals surface area contributed by atoms with Crippen LogP contribution >= 0.6 is 0 Å². The van der Waals surface area contributed by atoms with Gasteiger partial charge in [0.2, 0.25) is 0 Å². The zero-order valence-corrected chi connectivity index (χ0v) is 10.9. The molecule has 0 aromatic carbocycles. The van der Waals surface area contributed by atoms with Gasteiger partial charge in [-0.2, -0.15) is 0 Å². The van der Waals surface area contributed by atoms with Gasteiger partial charge < -0.3 is 18.9 Å². The van der Waals surface area contributed by atoms with Gasteiger partial charge in [-0.25, -0.2) is 0 Å². The van der Waals surface area contributed by atoms with Gasteiger partial charge >= 0.3 is 0 Å². The summed E-state index contributed by atoms with van der Waals surface area (Å²) in [4.78, 5) is 0. The van der Waals surface area contributed by atoms with Crippen molar-refractivity contribution < 1.29 is 18.9 Å². The van der Waals surface area contributed by atoms with Crippen LogP contribution in [0.25, 0.3) is 0 Å². The normalized spacial score (nSPS) is 36.4. The Hall–Kier alpha value is -0.160. The fraction of sp³-hybridized carbons (Fsp3) is 1.00. The molecule has 2 fully saturated rings. The van der Waals surface area contributed by atoms with Gasteiger partial charge in [0, 0.05) is 20.1 Å². The Morgan fingerprint density at radius 1 is 1.18 bits per heavy atom. The second-order valence-corrected chi connectivity index (χ2v) is 4.86. The van der Waals surface area contributed by atoms with Crippen molar-refractivity contribution in [1.82, 2.24) is 0 Å². The molecule has 0 aromatic rings. The lowest BCUT2D eigenvalue weighted by Gasteiger charge is -2.32. The van der Waals surface area contributed by atoms with Crippen LogP contribution < -0.4 is 0 Å². The van der Waals surface area contributed by atoms with Gasteiger partial charge in [-0.15, -0.1) is 0 Å². The Morgan fingerprint density at radius 2 is 2.06 bits per heavy atom. The molecule has 0 aromatic heterocycles. The van der Waals surface area contributed by atoms with Crippen LogP contribution in [0.4, 0.5) is 0 Å². The van der Waals surface area contributed by atoms with Crippen LogP contribution in [0.3, 0.4) is 0 Å². The molecule has 0 aliphatic carbocycles. The van der Waals surface area contributed by atoms with E-state index >= 15 is 0 Å². The molecule has 2 bridgehead atoms. The van der Waals surface area contributed by atoms with E-state index in [-0.39, 0.29) is 24.6 Å². The monoisotopic (exact) mass is 244 g/mol. The Morgan fingerprint density at radius 3 is 2.82 bits per heavy atom. The predicted octanol–water partition coefficient (Wildman–Crippen LogP) is 2.11. The van der Waals surface area contributed by atoms with Gasteiger partial charge in [0.1, 0.15) is 12.2 Å². The minimum absolute atomic E-state index is 0.0226. The minimum atomic E-state index is -0.176. The number of hydrogen-bond donors (Lipinski definition) is 0. The Balaban J connectivity index is 1.69. The van der Waals surface area contributed by atoms with Crippen molar-refractivity contribution in [3.63, 3.8) is 0 Å². The number of ether oxygens (including phenoxy) is 4. The molecule has 100 valence electrons. The third-order valence-corrected chi connectivity index (χ3v) is 3.55. The molecule has 2 aliphatic heterocycles. The summed E-state index contributed by atoms with van der Waals surface area (Å²) in [6.45, 7) is 3.69. The average Bonchev–Trinajstić information content (AvgIpc) is 2.77. The van der Waals surface area contributed by atoms with Crippen LogP contribution in [0.1, 0.15) is 39.0 Å². The topological polar surface area (TPSA) is 36.9 Å². The lowest BCUT2D eigenvalue weighted by atomic mass is 10.0. The van der Waals surface area contributed by atoms with E-state index < -0.39 is 0 Å². The highest BCUT2D eigenvalue weighted by Gasteiger charge is 2.44. The molecule has 0 saturated carbocycles. The van der Waals surface area contributed by atoms with Crippen LogP contribution in [0, 0.1) is 0 Å². The number of rotatable bonds is 7. The molecule has 17 heavy (non-hydrogen) atoms. The summed E-state index contributed by atoms with van der Waals surface area (Å²) in [5.41, 5.74) is 0. The molecule has 4 heteroatoms. The summed E-state index contributed by atoms with van der Waals surface area (Å²) in [6.07, 6.45) is 5.92. The van der Waals surface area contributed by atoms with E-state index in [4.69, 9.17) is 18.9 Å². The van der Waals surface area contributed by atoms with Crippen molar-refractivity contribution in [1.29, 1.82) is 0 Å². The SMILES string of the molecule is CCCCCCO[C@H]1C[C@@H](OC)[C@@H]2OC[C@H]1O2. The van der Waals surface area contributed by atoms with Gasteiger partial charge in [-0.1, -0.05) is 26.2 Å². The first-order chi connectivity index (χ1) is 8.35.